The minimum absolute atomic E-state index is 0.0288. The highest BCUT2D eigenvalue weighted by Gasteiger charge is 2.06. The molecule has 0 aromatic carbocycles. The zero-order valence-electron chi connectivity index (χ0n) is 10.3. The van der Waals surface area contributed by atoms with E-state index in [2.05, 4.69) is 0 Å². The Morgan fingerprint density at radius 3 is 2.12 bits per heavy atom. The highest BCUT2D eigenvalue weighted by molar-refractivity contribution is 4.53. The van der Waals surface area contributed by atoms with Gasteiger partial charge in [0.2, 0.25) is 0 Å². The van der Waals surface area contributed by atoms with E-state index in [9.17, 15) is 0 Å². The standard InChI is InChI=1S/C11H24O5/c1-3-13-5-6-15-7-8-16-11(9-12)10-14-4-2/h11-12H,3-10H2,1-2H3. The summed E-state index contributed by atoms with van der Waals surface area (Å²) >= 11 is 0. The molecule has 1 N–H and O–H groups in total. The van der Waals surface area contributed by atoms with Gasteiger partial charge in [0, 0.05) is 13.2 Å². The van der Waals surface area contributed by atoms with Gasteiger partial charge in [0.05, 0.1) is 39.6 Å². The first kappa shape index (κ1) is 15.8. The molecule has 0 aliphatic rings. The lowest BCUT2D eigenvalue weighted by atomic mass is 10.4. The summed E-state index contributed by atoms with van der Waals surface area (Å²) in [5.41, 5.74) is 0. The summed E-state index contributed by atoms with van der Waals surface area (Å²) in [5.74, 6) is 0. The number of ether oxygens (including phenoxy) is 4. The van der Waals surface area contributed by atoms with Crippen LogP contribution in [0.5, 0.6) is 0 Å². The van der Waals surface area contributed by atoms with E-state index in [4.69, 9.17) is 24.1 Å². The van der Waals surface area contributed by atoms with Crippen LogP contribution in [-0.4, -0.2) is 64.1 Å². The molecule has 0 aromatic rings. The lowest BCUT2D eigenvalue weighted by Crippen LogP contribution is -2.26. The van der Waals surface area contributed by atoms with Gasteiger partial charge in [-0.2, -0.15) is 0 Å². The molecule has 16 heavy (non-hydrogen) atoms. The lowest BCUT2D eigenvalue weighted by molar-refractivity contribution is -0.0606. The predicted octanol–water partition coefficient (Wildman–Crippen LogP) is 0.453. The van der Waals surface area contributed by atoms with Gasteiger partial charge in [-0.1, -0.05) is 0 Å². The van der Waals surface area contributed by atoms with Crippen LogP contribution in [0.4, 0.5) is 0 Å². The monoisotopic (exact) mass is 236 g/mol. The summed E-state index contributed by atoms with van der Waals surface area (Å²) in [6, 6.07) is 0. The molecule has 0 saturated carbocycles. The fourth-order valence-corrected chi connectivity index (χ4v) is 1.04. The van der Waals surface area contributed by atoms with Gasteiger partial charge >= 0.3 is 0 Å². The maximum Gasteiger partial charge on any atom is 0.104 e. The third-order valence-corrected chi connectivity index (χ3v) is 1.87. The van der Waals surface area contributed by atoms with Gasteiger partial charge in [0.25, 0.3) is 0 Å². The summed E-state index contributed by atoms with van der Waals surface area (Å²) in [4.78, 5) is 0. The van der Waals surface area contributed by atoms with Gasteiger partial charge in [-0.05, 0) is 13.8 Å². The van der Waals surface area contributed by atoms with E-state index < -0.39 is 0 Å². The van der Waals surface area contributed by atoms with E-state index in [1.54, 1.807) is 0 Å². The van der Waals surface area contributed by atoms with E-state index in [-0.39, 0.29) is 12.7 Å². The van der Waals surface area contributed by atoms with E-state index in [0.29, 0.717) is 46.2 Å². The van der Waals surface area contributed by atoms with Crippen molar-refractivity contribution in [1.29, 1.82) is 0 Å². The number of hydrogen-bond acceptors (Lipinski definition) is 5. The Kier molecular flexibility index (Phi) is 12.7. The molecule has 0 bridgehead atoms. The minimum Gasteiger partial charge on any atom is -0.394 e. The van der Waals surface area contributed by atoms with Gasteiger partial charge < -0.3 is 24.1 Å². The number of rotatable bonds is 12. The minimum atomic E-state index is -0.254. The smallest absolute Gasteiger partial charge is 0.104 e. The Morgan fingerprint density at radius 1 is 0.875 bits per heavy atom. The molecule has 1 unspecified atom stereocenters. The molecular formula is C11H24O5. The van der Waals surface area contributed by atoms with E-state index in [0.717, 1.165) is 0 Å². The van der Waals surface area contributed by atoms with Crippen LogP contribution in [0, 0.1) is 0 Å². The van der Waals surface area contributed by atoms with Crippen molar-refractivity contribution >= 4 is 0 Å². The Hall–Kier alpha value is -0.200. The second kappa shape index (κ2) is 12.9. The van der Waals surface area contributed by atoms with Crippen LogP contribution >= 0.6 is 0 Å². The summed E-state index contributed by atoms with van der Waals surface area (Å²) in [5, 5.41) is 8.96. The Balaban J connectivity index is 3.20. The van der Waals surface area contributed by atoms with Crippen molar-refractivity contribution in [3.8, 4) is 0 Å². The van der Waals surface area contributed by atoms with Crippen LogP contribution < -0.4 is 0 Å². The molecular weight excluding hydrogens is 212 g/mol. The average Bonchev–Trinajstić information content (AvgIpc) is 2.32. The number of aliphatic hydroxyl groups excluding tert-OH is 1. The first-order chi connectivity index (χ1) is 7.85. The topological polar surface area (TPSA) is 57.2 Å². The molecule has 0 aromatic heterocycles. The van der Waals surface area contributed by atoms with Crippen LogP contribution in [0.3, 0.4) is 0 Å². The lowest BCUT2D eigenvalue weighted by Gasteiger charge is -2.15. The van der Waals surface area contributed by atoms with Crippen molar-refractivity contribution in [2.45, 2.75) is 20.0 Å². The second-order valence-corrected chi connectivity index (χ2v) is 3.14. The highest BCUT2D eigenvalue weighted by atomic mass is 16.6. The Labute approximate surface area is 97.6 Å². The van der Waals surface area contributed by atoms with Crippen molar-refractivity contribution in [3.63, 3.8) is 0 Å². The van der Waals surface area contributed by atoms with Crippen LogP contribution in [-0.2, 0) is 18.9 Å². The summed E-state index contributed by atoms with van der Waals surface area (Å²) < 4.78 is 20.9. The van der Waals surface area contributed by atoms with Crippen molar-refractivity contribution in [2.75, 3.05) is 52.9 Å². The van der Waals surface area contributed by atoms with Crippen molar-refractivity contribution in [1.82, 2.24) is 0 Å². The molecule has 1 atom stereocenters. The van der Waals surface area contributed by atoms with Gasteiger partial charge in [-0.25, -0.2) is 0 Å². The first-order valence-corrected chi connectivity index (χ1v) is 5.80. The molecule has 0 radical (unpaired) electrons. The fraction of sp³-hybridized carbons (Fsp3) is 1.00. The molecule has 5 heteroatoms. The van der Waals surface area contributed by atoms with Crippen LogP contribution in [0.1, 0.15) is 13.8 Å². The molecule has 0 amide bonds. The first-order valence-electron chi connectivity index (χ1n) is 5.80. The SMILES string of the molecule is CCOCCOCCOC(CO)COCC. The third-order valence-electron chi connectivity index (χ3n) is 1.87. The maximum atomic E-state index is 8.96. The van der Waals surface area contributed by atoms with Crippen LogP contribution in [0.15, 0.2) is 0 Å². The highest BCUT2D eigenvalue weighted by Crippen LogP contribution is 1.93. The molecule has 0 aliphatic heterocycles. The maximum absolute atomic E-state index is 8.96. The molecule has 98 valence electrons. The Morgan fingerprint density at radius 2 is 1.50 bits per heavy atom. The zero-order valence-corrected chi connectivity index (χ0v) is 10.3. The molecule has 0 heterocycles. The number of hydrogen-bond donors (Lipinski definition) is 1. The van der Waals surface area contributed by atoms with Gasteiger partial charge in [0.15, 0.2) is 0 Å². The van der Waals surface area contributed by atoms with Crippen molar-refractivity contribution < 1.29 is 24.1 Å². The quantitative estimate of drug-likeness (QED) is 0.499. The molecule has 0 spiro atoms. The predicted molar refractivity (Wildman–Crippen MR) is 60.6 cm³/mol. The third kappa shape index (κ3) is 10.3. The van der Waals surface area contributed by atoms with Crippen molar-refractivity contribution in [2.24, 2.45) is 0 Å². The zero-order chi connectivity index (χ0) is 12.1. The van der Waals surface area contributed by atoms with Gasteiger partial charge in [-0.15, -0.1) is 0 Å². The summed E-state index contributed by atoms with van der Waals surface area (Å²) in [6.07, 6.45) is -0.254. The Bertz CT molecular complexity index is 132. The number of aliphatic hydroxyl groups is 1. The molecule has 0 saturated heterocycles. The van der Waals surface area contributed by atoms with Crippen LogP contribution in [0.25, 0.3) is 0 Å². The van der Waals surface area contributed by atoms with E-state index >= 15 is 0 Å². The molecule has 0 aliphatic carbocycles. The molecule has 0 fully saturated rings. The summed E-state index contributed by atoms with van der Waals surface area (Å²) in [6.45, 7) is 7.75. The molecule has 5 nitrogen and oxygen atoms in total. The normalized spacial score (nSPS) is 12.9. The van der Waals surface area contributed by atoms with E-state index in [1.165, 1.54) is 0 Å². The van der Waals surface area contributed by atoms with Crippen molar-refractivity contribution in [3.05, 3.63) is 0 Å². The fourth-order valence-electron chi connectivity index (χ4n) is 1.04. The van der Waals surface area contributed by atoms with E-state index in [1.807, 2.05) is 13.8 Å². The van der Waals surface area contributed by atoms with Crippen LogP contribution in [0.2, 0.25) is 0 Å². The largest absolute Gasteiger partial charge is 0.394 e. The average molecular weight is 236 g/mol. The second-order valence-electron chi connectivity index (χ2n) is 3.14. The summed E-state index contributed by atoms with van der Waals surface area (Å²) in [7, 11) is 0. The van der Waals surface area contributed by atoms with Gasteiger partial charge in [0.1, 0.15) is 6.10 Å². The van der Waals surface area contributed by atoms with Gasteiger partial charge in [-0.3, -0.25) is 0 Å². The molecule has 0 rings (SSSR count).